The van der Waals surface area contributed by atoms with Gasteiger partial charge in [-0.3, -0.25) is 0 Å². The van der Waals surface area contributed by atoms with E-state index in [-0.39, 0.29) is 0 Å². The molecule has 0 saturated heterocycles. The predicted octanol–water partition coefficient (Wildman–Crippen LogP) is 13.3. The third-order valence-corrected chi connectivity index (χ3v) is 11.7. The van der Waals surface area contributed by atoms with Crippen molar-refractivity contribution in [3.63, 3.8) is 0 Å². The van der Waals surface area contributed by atoms with Crippen molar-refractivity contribution in [2.24, 2.45) is 0 Å². The third kappa shape index (κ3) is 3.68. The number of pyridine rings is 2. The molecule has 8 aromatic carbocycles. The average molecular weight is 681 g/mol. The van der Waals surface area contributed by atoms with Gasteiger partial charge in [0.05, 0.1) is 0 Å². The topological polar surface area (TPSA) is 53.9 Å². The van der Waals surface area contributed by atoms with Crippen LogP contribution in [0.1, 0.15) is 5.69 Å². The van der Waals surface area contributed by atoms with Crippen LogP contribution in [0.3, 0.4) is 0 Å². The molecule has 0 unspecified atom stereocenters. The Morgan fingerprint density at radius 2 is 0.926 bits per heavy atom. The summed E-state index contributed by atoms with van der Waals surface area (Å²) in [5.41, 5.74) is 14.3. The molecule has 0 amide bonds. The monoisotopic (exact) mass is 680 g/mol. The molecule has 0 atom stereocenters. The van der Waals surface area contributed by atoms with E-state index in [0.29, 0.717) is 11.5 Å². The van der Waals surface area contributed by atoms with Gasteiger partial charge in [0, 0.05) is 6.20 Å². The zero-order valence-corrected chi connectivity index (χ0v) is 28.6. The largest absolute Gasteiger partial charge is 0.361 e. The van der Waals surface area contributed by atoms with Crippen LogP contribution < -0.4 is 0 Å². The van der Waals surface area contributed by atoms with Crippen LogP contribution in [0, 0.1) is 17.9 Å². The second kappa shape index (κ2) is 10.5. The van der Waals surface area contributed by atoms with E-state index >= 15 is 0 Å². The van der Waals surface area contributed by atoms with Crippen LogP contribution in [0.5, 0.6) is 0 Å². The van der Waals surface area contributed by atoms with Crippen molar-refractivity contribution in [1.82, 2.24) is 9.97 Å². The van der Waals surface area contributed by atoms with Gasteiger partial charge in [-0.1, -0.05) is 104 Å². The summed E-state index contributed by atoms with van der Waals surface area (Å²) in [6.07, 6.45) is 3.50. The number of rotatable bonds is 2. The van der Waals surface area contributed by atoms with Crippen LogP contribution in [-0.4, -0.2) is 9.97 Å². The van der Waals surface area contributed by atoms with Crippen LogP contribution in [-0.2, 0) is 0 Å². The SMILES string of the molecule is [C-]#[N+]c1cc(-c2c3c(cc4c2ccc2c5cc6c(c(-c7ccnc(C#N)c7)c5ccc42)-c2cccc4cccc-6c24)-c2cccc4cccc-3c24)ccn1. The summed E-state index contributed by atoms with van der Waals surface area (Å²) in [5, 5.41) is 21.8. The molecule has 244 valence electrons. The molecule has 12 rings (SSSR count). The van der Waals surface area contributed by atoms with Crippen LogP contribution in [0.15, 0.2) is 146 Å². The van der Waals surface area contributed by atoms with Gasteiger partial charge in [-0.05, 0) is 157 Å². The van der Waals surface area contributed by atoms with Crippen molar-refractivity contribution in [1.29, 1.82) is 5.26 Å². The summed E-state index contributed by atoms with van der Waals surface area (Å²) in [7, 11) is 0. The average Bonchev–Trinajstić information content (AvgIpc) is 3.73. The molecule has 0 fully saturated rings. The van der Waals surface area contributed by atoms with Gasteiger partial charge in [0.15, 0.2) is 0 Å². The van der Waals surface area contributed by atoms with Crippen molar-refractivity contribution in [2.45, 2.75) is 0 Å². The first kappa shape index (κ1) is 29.0. The molecule has 2 aliphatic carbocycles. The lowest BCUT2D eigenvalue weighted by Gasteiger charge is -2.19. The fourth-order valence-electron chi connectivity index (χ4n) is 9.58. The maximum atomic E-state index is 9.90. The van der Waals surface area contributed by atoms with Gasteiger partial charge in [0.2, 0.25) is 0 Å². The fraction of sp³-hybridized carbons (Fsp3) is 0. The number of aromatic nitrogens is 2. The van der Waals surface area contributed by atoms with Gasteiger partial charge in [-0.2, -0.15) is 5.26 Å². The Hall–Kier alpha value is -7.66. The normalized spacial score (nSPS) is 12.0. The Kier molecular flexibility index (Phi) is 5.61. The van der Waals surface area contributed by atoms with Gasteiger partial charge >= 0.3 is 0 Å². The molecule has 0 bridgehead atoms. The summed E-state index contributed by atoms with van der Waals surface area (Å²) in [6.45, 7) is 7.78. The maximum absolute atomic E-state index is 9.90. The van der Waals surface area contributed by atoms with Gasteiger partial charge in [0.1, 0.15) is 18.0 Å². The van der Waals surface area contributed by atoms with Crippen molar-refractivity contribution >= 4 is 59.7 Å². The van der Waals surface area contributed by atoms with Crippen LogP contribution in [0.4, 0.5) is 5.82 Å². The van der Waals surface area contributed by atoms with Gasteiger partial charge in [0.25, 0.3) is 5.82 Å². The second-order valence-corrected chi connectivity index (χ2v) is 14.2. The zero-order valence-electron chi connectivity index (χ0n) is 28.6. The Balaban J connectivity index is 1.24. The minimum atomic E-state index is 0.381. The second-order valence-electron chi connectivity index (χ2n) is 14.2. The summed E-state index contributed by atoms with van der Waals surface area (Å²) in [6, 6.07) is 50.3. The summed E-state index contributed by atoms with van der Waals surface area (Å²) in [4.78, 5) is 12.4. The van der Waals surface area contributed by atoms with Crippen molar-refractivity contribution < 1.29 is 0 Å². The smallest absolute Gasteiger partial charge is 0.270 e. The molecule has 10 aromatic rings. The van der Waals surface area contributed by atoms with E-state index in [0.717, 1.165) is 49.2 Å². The third-order valence-electron chi connectivity index (χ3n) is 11.7. The van der Waals surface area contributed by atoms with E-state index in [9.17, 15) is 5.26 Å². The zero-order chi connectivity index (χ0) is 35.7. The van der Waals surface area contributed by atoms with E-state index < -0.39 is 0 Å². The molecular formula is C50H24N4. The van der Waals surface area contributed by atoms with Crippen molar-refractivity contribution in [3.05, 3.63) is 163 Å². The van der Waals surface area contributed by atoms with Crippen LogP contribution in [0.25, 0.3) is 125 Å². The quantitative estimate of drug-likeness (QED) is 0.135. The van der Waals surface area contributed by atoms with Gasteiger partial charge in [-0.25, -0.2) is 4.98 Å². The Labute approximate surface area is 309 Å². The Morgan fingerprint density at radius 1 is 0.444 bits per heavy atom. The lowest BCUT2D eigenvalue weighted by Crippen LogP contribution is -1.93. The summed E-state index contributed by atoms with van der Waals surface area (Å²) in [5.74, 6) is 0.381. The first-order valence-corrected chi connectivity index (χ1v) is 18.0. The number of fused-ring (bicyclic) bond motifs is 11. The predicted molar refractivity (Wildman–Crippen MR) is 220 cm³/mol. The first-order valence-electron chi connectivity index (χ1n) is 18.0. The van der Waals surface area contributed by atoms with E-state index in [2.05, 4.69) is 130 Å². The van der Waals surface area contributed by atoms with E-state index in [4.69, 9.17) is 6.57 Å². The standard InChI is InChI=1S/C50H24N4/c1-52-44-23-30(19-21-54-44)48-37-17-15-32-33(41(37)25-43-35-11-3-7-28-9-5-13-39(46(28)35)50(43)48)14-16-36-40(32)24-42-34-10-2-6-27-8-4-12-38(45(27)34)49(42)47(36)29-18-20-53-31(22-29)26-51/h2-25H. The van der Waals surface area contributed by atoms with Crippen molar-refractivity contribution in [3.8, 4) is 72.8 Å². The molecule has 0 radical (unpaired) electrons. The maximum Gasteiger partial charge on any atom is 0.270 e. The summed E-state index contributed by atoms with van der Waals surface area (Å²) >= 11 is 0. The number of benzene rings is 8. The molecular weight excluding hydrogens is 657 g/mol. The molecule has 54 heavy (non-hydrogen) atoms. The van der Waals surface area contributed by atoms with E-state index in [1.165, 1.54) is 71.4 Å². The molecule has 2 aliphatic rings. The van der Waals surface area contributed by atoms with Crippen LogP contribution in [0.2, 0.25) is 0 Å². The highest BCUT2D eigenvalue weighted by atomic mass is 14.8. The molecule has 2 aromatic heterocycles. The van der Waals surface area contributed by atoms with Gasteiger partial charge < -0.3 is 4.85 Å². The number of nitrogens with zero attached hydrogens (tertiary/aromatic N) is 4. The van der Waals surface area contributed by atoms with Gasteiger partial charge in [-0.15, -0.1) is 4.98 Å². The fourth-order valence-corrected chi connectivity index (χ4v) is 9.58. The number of nitriles is 1. The van der Waals surface area contributed by atoms with Crippen molar-refractivity contribution in [2.75, 3.05) is 0 Å². The van der Waals surface area contributed by atoms with E-state index in [1.807, 2.05) is 24.3 Å². The van der Waals surface area contributed by atoms with Crippen LogP contribution >= 0.6 is 0 Å². The lowest BCUT2D eigenvalue weighted by molar-refractivity contribution is 1.27. The Morgan fingerprint density at radius 3 is 1.44 bits per heavy atom. The highest BCUT2D eigenvalue weighted by Gasteiger charge is 2.29. The number of hydrogen-bond donors (Lipinski definition) is 0. The molecule has 4 nitrogen and oxygen atoms in total. The first-order chi connectivity index (χ1) is 26.7. The van der Waals surface area contributed by atoms with E-state index in [1.54, 1.807) is 12.4 Å². The molecule has 0 aliphatic heterocycles. The molecule has 0 spiro atoms. The Bertz CT molecular complexity index is 3230. The molecule has 4 heteroatoms. The summed E-state index contributed by atoms with van der Waals surface area (Å²) < 4.78 is 0. The highest BCUT2D eigenvalue weighted by molar-refractivity contribution is 6.30. The highest BCUT2D eigenvalue weighted by Crippen LogP contribution is 2.57. The lowest BCUT2D eigenvalue weighted by atomic mass is 9.84. The minimum absolute atomic E-state index is 0.381. The molecule has 2 heterocycles. The number of hydrogen-bond acceptors (Lipinski definition) is 3. The molecule has 0 saturated carbocycles. The minimum Gasteiger partial charge on any atom is -0.361 e. The molecule has 0 N–H and O–H groups in total.